The zero-order valence-corrected chi connectivity index (χ0v) is 10.2. The Morgan fingerprint density at radius 1 is 1.31 bits per heavy atom. The summed E-state index contributed by atoms with van der Waals surface area (Å²) in [6, 6.07) is 7.37. The summed E-state index contributed by atoms with van der Waals surface area (Å²) < 4.78 is 10.9. The van der Waals surface area contributed by atoms with E-state index in [1.807, 2.05) is 38.1 Å². The topological polar surface area (TPSA) is 35.5 Å². The van der Waals surface area contributed by atoms with E-state index in [1.165, 1.54) is 0 Å². The predicted octanol–water partition coefficient (Wildman–Crippen LogP) is 2.83. The Kier molecular flexibility index (Phi) is 3.93. The summed E-state index contributed by atoms with van der Waals surface area (Å²) in [6.45, 7) is 5.36. The molecule has 0 bridgehead atoms. The van der Waals surface area contributed by atoms with Crippen LogP contribution in [0.3, 0.4) is 0 Å². The lowest BCUT2D eigenvalue weighted by Crippen LogP contribution is -2.30. The minimum atomic E-state index is -0.488. The number of carbonyl (C=O) groups excluding carboxylic acids is 1. The highest BCUT2D eigenvalue weighted by Gasteiger charge is 2.22. The van der Waals surface area contributed by atoms with E-state index in [2.05, 4.69) is 0 Å². The first kappa shape index (κ1) is 12.6. The zero-order valence-electron chi connectivity index (χ0n) is 10.2. The van der Waals surface area contributed by atoms with Crippen LogP contribution in [0.25, 0.3) is 0 Å². The van der Waals surface area contributed by atoms with E-state index in [-0.39, 0.29) is 5.78 Å². The molecule has 1 aromatic rings. The third-order valence-electron chi connectivity index (χ3n) is 2.11. The Bertz CT molecular complexity index is 369. The molecule has 0 heterocycles. The van der Waals surface area contributed by atoms with E-state index in [0.717, 1.165) is 5.75 Å². The molecule has 0 aromatic heterocycles. The van der Waals surface area contributed by atoms with Crippen molar-refractivity contribution in [3.8, 4) is 11.5 Å². The normalized spacial score (nSPS) is 11.0. The van der Waals surface area contributed by atoms with Gasteiger partial charge in [0.25, 0.3) is 0 Å². The van der Waals surface area contributed by atoms with Gasteiger partial charge in [0.1, 0.15) is 22.9 Å². The van der Waals surface area contributed by atoms with Crippen molar-refractivity contribution < 1.29 is 14.3 Å². The van der Waals surface area contributed by atoms with Gasteiger partial charge in [-0.1, -0.05) is 6.07 Å². The molecule has 1 rings (SSSR count). The summed E-state index contributed by atoms with van der Waals surface area (Å²) >= 11 is 0. The lowest BCUT2D eigenvalue weighted by molar-refractivity contribution is -0.120. The van der Waals surface area contributed by atoms with Crippen molar-refractivity contribution in [1.29, 1.82) is 0 Å². The summed E-state index contributed by atoms with van der Waals surface area (Å²) in [7, 11) is 1.61. The number of rotatable bonds is 5. The van der Waals surface area contributed by atoms with Crippen LogP contribution in [0.2, 0.25) is 0 Å². The van der Waals surface area contributed by atoms with Crippen LogP contribution in [0.15, 0.2) is 24.3 Å². The smallest absolute Gasteiger partial charge is 0.133 e. The maximum Gasteiger partial charge on any atom is 0.133 e. The molecule has 88 valence electrons. The number of Topliss-reactive ketones (excluding diaryl/α,β-unsaturated/α-hetero) is 1. The van der Waals surface area contributed by atoms with Crippen LogP contribution < -0.4 is 9.47 Å². The number of ether oxygens (including phenoxy) is 2. The molecular formula is C13H18O3. The first-order valence-corrected chi connectivity index (χ1v) is 5.25. The van der Waals surface area contributed by atoms with Gasteiger partial charge in [0, 0.05) is 12.5 Å². The molecule has 0 spiro atoms. The van der Waals surface area contributed by atoms with Crippen LogP contribution in [0.4, 0.5) is 0 Å². The highest BCUT2D eigenvalue weighted by atomic mass is 16.5. The molecule has 0 aliphatic rings. The van der Waals surface area contributed by atoms with Crippen molar-refractivity contribution in [2.24, 2.45) is 0 Å². The van der Waals surface area contributed by atoms with Crippen LogP contribution in [0.1, 0.15) is 27.2 Å². The molecule has 16 heavy (non-hydrogen) atoms. The Hall–Kier alpha value is -1.51. The quantitative estimate of drug-likeness (QED) is 0.768. The predicted molar refractivity (Wildman–Crippen MR) is 63.0 cm³/mol. The van der Waals surface area contributed by atoms with Gasteiger partial charge in [0.05, 0.1) is 7.11 Å². The summed E-state index contributed by atoms with van der Waals surface area (Å²) in [5.74, 6) is 1.58. The van der Waals surface area contributed by atoms with E-state index < -0.39 is 5.60 Å². The first-order chi connectivity index (χ1) is 7.43. The van der Waals surface area contributed by atoms with E-state index in [0.29, 0.717) is 12.2 Å². The number of carbonyl (C=O) groups is 1. The minimum Gasteiger partial charge on any atom is -0.497 e. The van der Waals surface area contributed by atoms with Crippen LogP contribution in [-0.2, 0) is 4.79 Å². The number of benzene rings is 1. The zero-order chi connectivity index (χ0) is 12.2. The van der Waals surface area contributed by atoms with Gasteiger partial charge >= 0.3 is 0 Å². The van der Waals surface area contributed by atoms with Crippen molar-refractivity contribution in [1.82, 2.24) is 0 Å². The highest BCUT2D eigenvalue weighted by Crippen LogP contribution is 2.24. The van der Waals surface area contributed by atoms with Crippen LogP contribution >= 0.6 is 0 Å². The molecule has 0 aliphatic heterocycles. The molecule has 0 fully saturated rings. The van der Waals surface area contributed by atoms with Crippen LogP contribution in [0.5, 0.6) is 11.5 Å². The molecule has 3 nitrogen and oxygen atoms in total. The Labute approximate surface area is 96.4 Å². The van der Waals surface area contributed by atoms with Gasteiger partial charge in [-0.3, -0.25) is 4.79 Å². The number of hydrogen-bond donors (Lipinski definition) is 0. The average Bonchev–Trinajstić information content (AvgIpc) is 2.15. The van der Waals surface area contributed by atoms with Gasteiger partial charge in [0.15, 0.2) is 0 Å². The average molecular weight is 222 g/mol. The van der Waals surface area contributed by atoms with Gasteiger partial charge in [0.2, 0.25) is 0 Å². The Morgan fingerprint density at radius 2 is 1.94 bits per heavy atom. The van der Waals surface area contributed by atoms with Gasteiger partial charge in [-0.25, -0.2) is 0 Å². The first-order valence-electron chi connectivity index (χ1n) is 5.25. The molecule has 0 saturated heterocycles. The molecule has 0 N–H and O–H groups in total. The number of hydrogen-bond acceptors (Lipinski definition) is 3. The van der Waals surface area contributed by atoms with Gasteiger partial charge in [-0.05, 0) is 32.9 Å². The van der Waals surface area contributed by atoms with Crippen molar-refractivity contribution >= 4 is 5.78 Å². The third-order valence-corrected chi connectivity index (χ3v) is 2.11. The summed E-state index contributed by atoms with van der Waals surface area (Å²) in [5, 5.41) is 0. The van der Waals surface area contributed by atoms with E-state index in [9.17, 15) is 4.79 Å². The second-order valence-electron chi connectivity index (χ2n) is 4.42. The number of ketones is 1. The fourth-order valence-electron chi connectivity index (χ4n) is 1.62. The van der Waals surface area contributed by atoms with E-state index >= 15 is 0 Å². The Morgan fingerprint density at radius 3 is 2.50 bits per heavy atom. The molecule has 0 saturated carbocycles. The number of methoxy groups -OCH3 is 1. The standard InChI is InChI=1S/C13H18O3/c1-10(14)9-13(2,3)16-12-7-5-6-11(8-12)15-4/h5-8H,9H2,1-4H3. The monoisotopic (exact) mass is 222 g/mol. The molecule has 1 aromatic carbocycles. The summed E-state index contributed by atoms with van der Waals surface area (Å²) in [6.07, 6.45) is 0.393. The van der Waals surface area contributed by atoms with Crippen molar-refractivity contribution in [3.05, 3.63) is 24.3 Å². The summed E-state index contributed by atoms with van der Waals surface area (Å²) in [5.41, 5.74) is -0.488. The fourth-order valence-corrected chi connectivity index (χ4v) is 1.62. The van der Waals surface area contributed by atoms with Crippen LogP contribution in [-0.4, -0.2) is 18.5 Å². The maximum absolute atomic E-state index is 11.1. The largest absolute Gasteiger partial charge is 0.497 e. The molecule has 0 aliphatic carbocycles. The van der Waals surface area contributed by atoms with Gasteiger partial charge < -0.3 is 9.47 Å². The fraction of sp³-hybridized carbons (Fsp3) is 0.462. The van der Waals surface area contributed by atoms with Gasteiger partial charge in [-0.15, -0.1) is 0 Å². The lowest BCUT2D eigenvalue weighted by Gasteiger charge is -2.25. The van der Waals surface area contributed by atoms with Crippen LogP contribution in [0, 0.1) is 0 Å². The molecule has 0 atom stereocenters. The molecule has 0 unspecified atom stereocenters. The maximum atomic E-state index is 11.1. The molecular weight excluding hydrogens is 204 g/mol. The van der Waals surface area contributed by atoms with Gasteiger partial charge in [-0.2, -0.15) is 0 Å². The Balaban J connectivity index is 2.75. The lowest BCUT2D eigenvalue weighted by atomic mass is 10.0. The summed E-state index contributed by atoms with van der Waals surface area (Å²) in [4.78, 5) is 11.1. The second-order valence-corrected chi connectivity index (χ2v) is 4.42. The molecule has 0 amide bonds. The minimum absolute atomic E-state index is 0.118. The van der Waals surface area contributed by atoms with Crippen molar-refractivity contribution in [3.63, 3.8) is 0 Å². The molecule has 3 heteroatoms. The second kappa shape index (κ2) is 5.01. The third kappa shape index (κ3) is 3.93. The SMILES string of the molecule is COc1cccc(OC(C)(C)CC(C)=O)c1. The van der Waals surface area contributed by atoms with E-state index in [4.69, 9.17) is 9.47 Å². The highest BCUT2D eigenvalue weighted by molar-refractivity contribution is 5.76. The molecule has 0 radical (unpaired) electrons. The van der Waals surface area contributed by atoms with Crippen molar-refractivity contribution in [2.45, 2.75) is 32.8 Å². The van der Waals surface area contributed by atoms with Crippen molar-refractivity contribution in [2.75, 3.05) is 7.11 Å². The van der Waals surface area contributed by atoms with E-state index in [1.54, 1.807) is 14.0 Å².